The molecule has 6 nitrogen and oxygen atoms in total. The van der Waals surface area contributed by atoms with E-state index < -0.39 is 17.9 Å². The predicted octanol–water partition coefficient (Wildman–Crippen LogP) is 2.34. The molecule has 0 fully saturated rings. The molecule has 23 heavy (non-hydrogen) atoms. The third-order valence-corrected chi connectivity index (χ3v) is 3.94. The predicted molar refractivity (Wildman–Crippen MR) is 88.4 cm³/mol. The first-order valence-electron chi connectivity index (χ1n) is 7.17. The number of rotatable bonds is 8. The Bertz CT molecular complexity index is 576. The second-order valence-corrected chi connectivity index (χ2v) is 5.96. The van der Waals surface area contributed by atoms with Gasteiger partial charge >= 0.3 is 5.97 Å². The van der Waals surface area contributed by atoms with Crippen LogP contribution in [0.4, 0.5) is 0 Å². The fraction of sp³-hybridized carbons (Fsp3) is 0.438. The summed E-state index contributed by atoms with van der Waals surface area (Å²) in [6, 6.07) is 4.16. The molecule has 7 heteroatoms. The second kappa shape index (κ2) is 9.29. The molecule has 1 aromatic carbocycles. The quantitative estimate of drug-likeness (QED) is 0.548. The molecule has 1 aromatic rings. The highest BCUT2D eigenvalue weighted by molar-refractivity contribution is 9.10. The van der Waals surface area contributed by atoms with E-state index in [0.717, 1.165) is 4.47 Å². The minimum absolute atomic E-state index is 0.0652. The number of esters is 1. The SMILES string of the molecule is CC[C@@H](C)[C@H](NC(=O)COc1ccc(Br)cc1C=O)C(=O)OC. The standard InChI is InChI=1S/C16H20BrNO5/c1-4-10(2)15(16(21)22-3)18-14(20)9-23-13-6-5-12(17)7-11(13)8-19/h5-8,10,15H,4,9H2,1-3H3,(H,18,20)/t10-,15+/m1/s1. The minimum atomic E-state index is -0.725. The summed E-state index contributed by atoms with van der Waals surface area (Å²) in [7, 11) is 1.28. The number of hydrogen-bond donors (Lipinski definition) is 1. The molecule has 0 spiro atoms. The van der Waals surface area contributed by atoms with Gasteiger partial charge in [0.2, 0.25) is 0 Å². The lowest BCUT2D eigenvalue weighted by Gasteiger charge is -2.21. The topological polar surface area (TPSA) is 81.7 Å². The summed E-state index contributed by atoms with van der Waals surface area (Å²) in [5.41, 5.74) is 0.332. The minimum Gasteiger partial charge on any atom is -0.483 e. The summed E-state index contributed by atoms with van der Waals surface area (Å²) in [6.07, 6.45) is 1.36. The van der Waals surface area contributed by atoms with Crippen molar-refractivity contribution in [3.63, 3.8) is 0 Å². The Kier molecular flexibility index (Phi) is 7.74. The van der Waals surface area contributed by atoms with Crippen LogP contribution in [0.1, 0.15) is 30.6 Å². The molecule has 0 aromatic heterocycles. The van der Waals surface area contributed by atoms with E-state index in [-0.39, 0.29) is 12.5 Å². The second-order valence-electron chi connectivity index (χ2n) is 5.04. The Morgan fingerprint density at radius 2 is 2.09 bits per heavy atom. The van der Waals surface area contributed by atoms with Crippen LogP contribution in [0.3, 0.4) is 0 Å². The molecule has 0 aliphatic carbocycles. The molecule has 1 rings (SSSR count). The van der Waals surface area contributed by atoms with Gasteiger partial charge in [-0.1, -0.05) is 36.2 Å². The van der Waals surface area contributed by atoms with Crippen molar-refractivity contribution in [3.05, 3.63) is 28.2 Å². The molecule has 0 saturated carbocycles. The summed E-state index contributed by atoms with van der Waals surface area (Å²) in [4.78, 5) is 34.7. The van der Waals surface area contributed by atoms with Crippen LogP contribution in [0.2, 0.25) is 0 Å². The molecule has 0 bridgehead atoms. The van der Waals surface area contributed by atoms with E-state index in [1.54, 1.807) is 18.2 Å². The van der Waals surface area contributed by atoms with Gasteiger partial charge in [-0.2, -0.15) is 0 Å². The molecule has 1 amide bonds. The largest absolute Gasteiger partial charge is 0.483 e. The highest BCUT2D eigenvalue weighted by Crippen LogP contribution is 2.21. The number of aldehydes is 1. The summed E-state index contributed by atoms with van der Waals surface area (Å²) in [5, 5.41) is 2.60. The van der Waals surface area contributed by atoms with Crippen molar-refractivity contribution in [2.24, 2.45) is 5.92 Å². The van der Waals surface area contributed by atoms with Crippen molar-refractivity contribution in [3.8, 4) is 5.75 Å². The Morgan fingerprint density at radius 1 is 1.39 bits per heavy atom. The molecule has 2 atom stereocenters. The van der Waals surface area contributed by atoms with Crippen LogP contribution in [0.5, 0.6) is 5.75 Å². The number of carbonyl (C=O) groups excluding carboxylic acids is 3. The molecular formula is C16H20BrNO5. The Balaban J connectivity index is 2.69. The van der Waals surface area contributed by atoms with Crippen molar-refractivity contribution in [1.29, 1.82) is 0 Å². The number of carbonyl (C=O) groups is 3. The number of ether oxygens (including phenoxy) is 2. The summed E-state index contributed by atoms with van der Waals surface area (Å²) >= 11 is 3.25. The molecule has 0 unspecified atom stereocenters. The molecule has 0 aliphatic heterocycles. The zero-order valence-corrected chi connectivity index (χ0v) is 14.9. The molecule has 126 valence electrons. The Hall–Kier alpha value is -1.89. The van der Waals surface area contributed by atoms with E-state index in [1.807, 2.05) is 13.8 Å². The maximum Gasteiger partial charge on any atom is 0.328 e. The van der Waals surface area contributed by atoms with Gasteiger partial charge in [0.25, 0.3) is 5.91 Å². The van der Waals surface area contributed by atoms with Crippen LogP contribution in [0, 0.1) is 5.92 Å². The van der Waals surface area contributed by atoms with Crippen LogP contribution in [0.15, 0.2) is 22.7 Å². The van der Waals surface area contributed by atoms with E-state index in [2.05, 4.69) is 21.2 Å². The van der Waals surface area contributed by atoms with Gasteiger partial charge in [0.15, 0.2) is 12.9 Å². The van der Waals surface area contributed by atoms with Crippen LogP contribution in [-0.4, -0.2) is 37.9 Å². The van der Waals surface area contributed by atoms with E-state index in [0.29, 0.717) is 24.0 Å². The van der Waals surface area contributed by atoms with Crippen LogP contribution >= 0.6 is 15.9 Å². The summed E-state index contributed by atoms with van der Waals surface area (Å²) < 4.78 is 10.8. The maximum atomic E-state index is 12.0. The van der Waals surface area contributed by atoms with E-state index >= 15 is 0 Å². The van der Waals surface area contributed by atoms with Gasteiger partial charge in [0.1, 0.15) is 11.8 Å². The van der Waals surface area contributed by atoms with Crippen LogP contribution in [-0.2, 0) is 14.3 Å². The average molecular weight is 386 g/mol. The van der Waals surface area contributed by atoms with E-state index in [9.17, 15) is 14.4 Å². The fourth-order valence-electron chi connectivity index (χ4n) is 1.90. The first-order valence-corrected chi connectivity index (χ1v) is 7.96. The zero-order valence-electron chi connectivity index (χ0n) is 13.3. The summed E-state index contributed by atoms with van der Waals surface area (Å²) in [5.74, 6) is -0.716. The number of nitrogens with one attached hydrogen (secondary N) is 1. The van der Waals surface area contributed by atoms with Crippen molar-refractivity contribution < 1.29 is 23.9 Å². The molecule has 0 saturated heterocycles. The highest BCUT2D eigenvalue weighted by atomic mass is 79.9. The average Bonchev–Trinajstić information content (AvgIpc) is 2.56. The molecule has 0 heterocycles. The van der Waals surface area contributed by atoms with Crippen molar-refractivity contribution in [2.75, 3.05) is 13.7 Å². The molecule has 1 N–H and O–H groups in total. The smallest absolute Gasteiger partial charge is 0.328 e. The van der Waals surface area contributed by atoms with Gasteiger partial charge in [0, 0.05) is 4.47 Å². The lowest BCUT2D eigenvalue weighted by molar-refractivity contribution is -0.146. The van der Waals surface area contributed by atoms with Gasteiger partial charge < -0.3 is 14.8 Å². The van der Waals surface area contributed by atoms with Crippen molar-refractivity contribution >= 4 is 34.1 Å². The Morgan fingerprint density at radius 3 is 2.65 bits per heavy atom. The van der Waals surface area contributed by atoms with E-state index in [4.69, 9.17) is 9.47 Å². The lowest BCUT2D eigenvalue weighted by atomic mass is 9.99. The van der Waals surface area contributed by atoms with Crippen molar-refractivity contribution in [2.45, 2.75) is 26.3 Å². The van der Waals surface area contributed by atoms with Gasteiger partial charge in [0.05, 0.1) is 12.7 Å². The van der Waals surface area contributed by atoms with Gasteiger partial charge in [-0.25, -0.2) is 4.79 Å². The maximum absolute atomic E-state index is 12.0. The van der Waals surface area contributed by atoms with Gasteiger partial charge in [-0.15, -0.1) is 0 Å². The van der Waals surface area contributed by atoms with E-state index in [1.165, 1.54) is 7.11 Å². The van der Waals surface area contributed by atoms with Gasteiger partial charge in [-0.3, -0.25) is 9.59 Å². The zero-order chi connectivity index (χ0) is 17.4. The van der Waals surface area contributed by atoms with Crippen LogP contribution in [0.25, 0.3) is 0 Å². The third kappa shape index (κ3) is 5.67. The first kappa shape index (κ1) is 19.2. The summed E-state index contributed by atoms with van der Waals surface area (Å²) in [6.45, 7) is 3.47. The number of amides is 1. The first-order chi connectivity index (χ1) is 10.9. The molecule has 0 aliphatic rings. The van der Waals surface area contributed by atoms with Crippen LogP contribution < -0.4 is 10.1 Å². The fourth-order valence-corrected chi connectivity index (χ4v) is 2.28. The Labute approximate surface area is 143 Å². The number of hydrogen-bond acceptors (Lipinski definition) is 5. The molecular weight excluding hydrogens is 366 g/mol. The monoisotopic (exact) mass is 385 g/mol. The normalized spacial score (nSPS) is 12.9. The van der Waals surface area contributed by atoms with Crippen molar-refractivity contribution in [1.82, 2.24) is 5.32 Å². The number of methoxy groups -OCH3 is 1. The third-order valence-electron chi connectivity index (χ3n) is 3.44. The number of benzene rings is 1. The highest BCUT2D eigenvalue weighted by Gasteiger charge is 2.26. The molecule has 0 radical (unpaired) electrons. The van der Waals surface area contributed by atoms with Gasteiger partial charge in [-0.05, 0) is 24.1 Å². The lowest BCUT2D eigenvalue weighted by Crippen LogP contribution is -2.47. The number of halogens is 1.